The van der Waals surface area contributed by atoms with E-state index in [1.807, 2.05) is 6.07 Å². The minimum atomic E-state index is -0.350. The molecule has 100 valence electrons. The fraction of sp³-hybridized carbons (Fsp3) is 0.200. The highest BCUT2D eigenvalue weighted by atomic mass is 19.1. The number of nitrogens with one attached hydrogen (secondary N) is 1. The van der Waals surface area contributed by atoms with Crippen LogP contribution in [-0.4, -0.2) is 6.54 Å². The van der Waals surface area contributed by atoms with Crippen LogP contribution in [0.5, 0.6) is 0 Å². The summed E-state index contributed by atoms with van der Waals surface area (Å²) in [5.74, 6) is -0.545. The monoisotopic (exact) mass is 262 g/mol. The molecule has 4 heteroatoms. The third-order valence-electron chi connectivity index (χ3n) is 2.97. The quantitative estimate of drug-likeness (QED) is 0.827. The summed E-state index contributed by atoms with van der Waals surface area (Å²) in [7, 11) is 0. The van der Waals surface area contributed by atoms with E-state index in [2.05, 4.69) is 5.32 Å². The number of aryl methyl sites for hydroxylation is 1. The highest BCUT2D eigenvalue weighted by molar-refractivity contribution is 5.65. The predicted molar refractivity (Wildman–Crippen MR) is 74.1 cm³/mol. The van der Waals surface area contributed by atoms with Gasteiger partial charge in [-0.3, -0.25) is 0 Å². The maximum Gasteiger partial charge on any atom is 0.126 e. The van der Waals surface area contributed by atoms with Crippen molar-refractivity contribution in [3.8, 4) is 0 Å². The van der Waals surface area contributed by atoms with Crippen molar-refractivity contribution < 1.29 is 8.78 Å². The Kier molecular flexibility index (Phi) is 4.00. The number of hydrogen-bond acceptors (Lipinski definition) is 2. The van der Waals surface area contributed by atoms with E-state index >= 15 is 0 Å². The number of nitrogen functional groups attached to an aromatic ring is 1. The number of rotatable bonds is 4. The number of hydrogen-bond donors (Lipinski definition) is 2. The molecule has 0 aliphatic carbocycles. The first-order valence-corrected chi connectivity index (χ1v) is 6.10. The summed E-state index contributed by atoms with van der Waals surface area (Å²) in [6.45, 7) is 2.39. The van der Waals surface area contributed by atoms with Gasteiger partial charge < -0.3 is 11.1 Å². The minimum Gasteiger partial charge on any atom is -0.397 e. The maximum absolute atomic E-state index is 13.1. The van der Waals surface area contributed by atoms with E-state index in [1.165, 1.54) is 18.2 Å². The van der Waals surface area contributed by atoms with Crippen LogP contribution in [0.25, 0.3) is 0 Å². The molecule has 0 bridgehead atoms. The standard InChI is InChI=1S/C15H16F2N2/c1-10-8-11(2-4-13(10)17)6-7-19-15-5-3-12(16)9-14(15)18/h2-5,8-9,19H,6-7,18H2,1H3. The van der Waals surface area contributed by atoms with Gasteiger partial charge in [-0.1, -0.05) is 12.1 Å². The van der Waals surface area contributed by atoms with Gasteiger partial charge in [-0.2, -0.15) is 0 Å². The van der Waals surface area contributed by atoms with E-state index in [4.69, 9.17) is 5.73 Å². The Bertz CT molecular complexity index is 582. The van der Waals surface area contributed by atoms with Crippen LogP contribution in [0, 0.1) is 18.6 Å². The Morgan fingerprint density at radius 2 is 1.89 bits per heavy atom. The molecule has 0 fully saturated rings. The van der Waals surface area contributed by atoms with E-state index in [1.54, 1.807) is 19.1 Å². The van der Waals surface area contributed by atoms with Gasteiger partial charge in [-0.05, 0) is 48.7 Å². The molecule has 0 amide bonds. The Balaban J connectivity index is 1.94. The minimum absolute atomic E-state index is 0.195. The van der Waals surface area contributed by atoms with Crippen molar-refractivity contribution >= 4 is 11.4 Å². The fourth-order valence-corrected chi connectivity index (χ4v) is 1.90. The average molecular weight is 262 g/mol. The van der Waals surface area contributed by atoms with Crippen molar-refractivity contribution in [1.29, 1.82) is 0 Å². The number of nitrogens with two attached hydrogens (primary N) is 1. The molecule has 0 aliphatic heterocycles. The van der Waals surface area contributed by atoms with E-state index < -0.39 is 0 Å². The number of benzene rings is 2. The molecule has 3 N–H and O–H groups in total. The molecule has 0 aromatic heterocycles. The van der Waals surface area contributed by atoms with Gasteiger partial charge in [-0.25, -0.2) is 8.78 Å². The van der Waals surface area contributed by atoms with Crippen molar-refractivity contribution in [2.24, 2.45) is 0 Å². The Morgan fingerprint density at radius 3 is 2.58 bits per heavy atom. The van der Waals surface area contributed by atoms with Gasteiger partial charge in [0.15, 0.2) is 0 Å². The predicted octanol–water partition coefficient (Wildman–Crippen LogP) is 3.51. The Labute approximate surface area is 111 Å². The van der Waals surface area contributed by atoms with Crippen LogP contribution in [0.2, 0.25) is 0 Å². The molecule has 2 aromatic carbocycles. The van der Waals surface area contributed by atoms with Gasteiger partial charge in [0.05, 0.1) is 11.4 Å². The molecule has 19 heavy (non-hydrogen) atoms. The van der Waals surface area contributed by atoms with Crippen molar-refractivity contribution in [2.75, 3.05) is 17.6 Å². The summed E-state index contributed by atoms with van der Waals surface area (Å²) in [4.78, 5) is 0. The van der Waals surface area contributed by atoms with Crippen LogP contribution in [0.4, 0.5) is 20.2 Å². The average Bonchev–Trinajstić information content (AvgIpc) is 2.36. The lowest BCUT2D eigenvalue weighted by Gasteiger charge is -2.09. The first kappa shape index (κ1) is 13.3. The molecule has 0 saturated heterocycles. The van der Waals surface area contributed by atoms with Gasteiger partial charge in [0.1, 0.15) is 11.6 Å². The van der Waals surface area contributed by atoms with Crippen LogP contribution >= 0.6 is 0 Å². The molecule has 0 radical (unpaired) electrons. The van der Waals surface area contributed by atoms with Crippen LogP contribution in [-0.2, 0) is 6.42 Å². The van der Waals surface area contributed by atoms with Gasteiger partial charge in [-0.15, -0.1) is 0 Å². The molecule has 0 unspecified atom stereocenters. The number of halogens is 2. The zero-order valence-corrected chi connectivity index (χ0v) is 10.7. The second-order valence-electron chi connectivity index (χ2n) is 4.49. The van der Waals surface area contributed by atoms with Crippen molar-refractivity contribution in [3.05, 3.63) is 59.2 Å². The normalized spacial score (nSPS) is 10.5. The van der Waals surface area contributed by atoms with E-state index in [-0.39, 0.29) is 11.6 Å². The third kappa shape index (κ3) is 3.44. The molecule has 0 saturated carbocycles. The van der Waals surface area contributed by atoms with Crippen LogP contribution in [0.1, 0.15) is 11.1 Å². The zero-order valence-electron chi connectivity index (χ0n) is 10.7. The lowest BCUT2D eigenvalue weighted by molar-refractivity contribution is 0.617. The van der Waals surface area contributed by atoms with Gasteiger partial charge in [0, 0.05) is 6.54 Å². The number of anilines is 2. The maximum atomic E-state index is 13.1. The van der Waals surface area contributed by atoms with Crippen molar-refractivity contribution in [1.82, 2.24) is 0 Å². The molecule has 2 nitrogen and oxygen atoms in total. The van der Waals surface area contributed by atoms with Crippen LogP contribution in [0.3, 0.4) is 0 Å². The van der Waals surface area contributed by atoms with Crippen molar-refractivity contribution in [2.45, 2.75) is 13.3 Å². The Hall–Kier alpha value is -2.10. The van der Waals surface area contributed by atoms with E-state index in [0.717, 1.165) is 12.0 Å². The summed E-state index contributed by atoms with van der Waals surface area (Å²) in [5.41, 5.74) is 8.47. The SMILES string of the molecule is Cc1cc(CCNc2ccc(F)cc2N)ccc1F. The Morgan fingerprint density at radius 1 is 1.11 bits per heavy atom. The molecule has 2 aromatic rings. The molecule has 0 spiro atoms. The third-order valence-corrected chi connectivity index (χ3v) is 2.97. The topological polar surface area (TPSA) is 38.0 Å². The summed E-state index contributed by atoms with van der Waals surface area (Å²) >= 11 is 0. The smallest absolute Gasteiger partial charge is 0.126 e. The second kappa shape index (κ2) is 5.69. The van der Waals surface area contributed by atoms with E-state index in [0.29, 0.717) is 23.5 Å². The van der Waals surface area contributed by atoms with Crippen molar-refractivity contribution in [3.63, 3.8) is 0 Å². The highest BCUT2D eigenvalue weighted by Crippen LogP contribution is 2.19. The lowest BCUT2D eigenvalue weighted by atomic mass is 10.1. The van der Waals surface area contributed by atoms with Gasteiger partial charge in [0.25, 0.3) is 0 Å². The first-order chi connectivity index (χ1) is 9.06. The second-order valence-corrected chi connectivity index (χ2v) is 4.49. The molecular formula is C15H16F2N2. The first-order valence-electron chi connectivity index (χ1n) is 6.10. The largest absolute Gasteiger partial charge is 0.397 e. The molecule has 0 aliphatic rings. The summed E-state index contributed by atoms with van der Waals surface area (Å²) in [6.07, 6.45) is 0.748. The van der Waals surface area contributed by atoms with Gasteiger partial charge in [0.2, 0.25) is 0 Å². The van der Waals surface area contributed by atoms with Crippen LogP contribution in [0.15, 0.2) is 36.4 Å². The highest BCUT2D eigenvalue weighted by Gasteiger charge is 2.02. The fourth-order valence-electron chi connectivity index (χ4n) is 1.90. The zero-order chi connectivity index (χ0) is 13.8. The summed E-state index contributed by atoms with van der Waals surface area (Å²) in [6, 6.07) is 9.31. The van der Waals surface area contributed by atoms with Crippen LogP contribution < -0.4 is 11.1 Å². The lowest BCUT2D eigenvalue weighted by Crippen LogP contribution is -2.07. The molecule has 0 heterocycles. The molecule has 2 rings (SSSR count). The summed E-state index contributed by atoms with van der Waals surface area (Å²) < 4.78 is 26.0. The summed E-state index contributed by atoms with van der Waals surface area (Å²) in [5, 5.41) is 3.14. The van der Waals surface area contributed by atoms with Gasteiger partial charge >= 0.3 is 0 Å². The molecular weight excluding hydrogens is 246 g/mol. The van der Waals surface area contributed by atoms with E-state index in [9.17, 15) is 8.78 Å². The molecule has 0 atom stereocenters.